The van der Waals surface area contributed by atoms with Gasteiger partial charge in [0.1, 0.15) is 5.82 Å². The molecule has 0 heterocycles. The van der Waals surface area contributed by atoms with Gasteiger partial charge < -0.3 is 0 Å². The molecule has 3 aromatic rings. The Bertz CT molecular complexity index is 838. The maximum absolute atomic E-state index is 13.8. The van der Waals surface area contributed by atoms with Crippen LogP contribution >= 0.6 is 23.2 Å². The summed E-state index contributed by atoms with van der Waals surface area (Å²) in [4.78, 5) is 12.7. The van der Waals surface area contributed by atoms with Crippen molar-refractivity contribution in [3.63, 3.8) is 0 Å². The summed E-state index contributed by atoms with van der Waals surface area (Å²) in [7, 11) is 0. The van der Waals surface area contributed by atoms with Gasteiger partial charge in [-0.05, 0) is 29.7 Å². The molecule has 0 spiro atoms. The third kappa shape index (κ3) is 2.41. The Kier molecular flexibility index (Phi) is 3.66. The van der Waals surface area contributed by atoms with E-state index in [4.69, 9.17) is 23.2 Å². The van der Waals surface area contributed by atoms with E-state index in [1.807, 2.05) is 0 Å². The Morgan fingerprint density at radius 1 is 0.810 bits per heavy atom. The van der Waals surface area contributed by atoms with Crippen molar-refractivity contribution in [1.82, 2.24) is 0 Å². The first-order chi connectivity index (χ1) is 10.1. The summed E-state index contributed by atoms with van der Waals surface area (Å²) in [5.41, 5.74) is 0.611. The van der Waals surface area contributed by atoms with Crippen molar-refractivity contribution in [3.8, 4) is 0 Å². The molecule has 21 heavy (non-hydrogen) atoms. The van der Waals surface area contributed by atoms with Crippen LogP contribution in [0.5, 0.6) is 0 Å². The van der Waals surface area contributed by atoms with Crippen molar-refractivity contribution in [2.45, 2.75) is 0 Å². The fourth-order valence-electron chi connectivity index (χ4n) is 2.31. The molecular formula is C17H9Cl2FO. The SMILES string of the molecule is O=C(c1c(Cl)cccc1Cl)c1ccc(F)c2ccccc12. The third-order valence-electron chi connectivity index (χ3n) is 3.31. The van der Waals surface area contributed by atoms with E-state index in [9.17, 15) is 9.18 Å². The smallest absolute Gasteiger partial charge is 0.196 e. The van der Waals surface area contributed by atoms with Crippen LogP contribution in [0.2, 0.25) is 10.0 Å². The highest BCUT2D eigenvalue weighted by atomic mass is 35.5. The number of rotatable bonds is 2. The monoisotopic (exact) mass is 318 g/mol. The zero-order valence-electron chi connectivity index (χ0n) is 10.7. The summed E-state index contributed by atoms with van der Waals surface area (Å²) < 4.78 is 13.8. The van der Waals surface area contributed by atoms with Crippen molar-refractivity contribution >= 4 is 39.8 Å². The van der Waals surface area contributed by atoms with Crippen LogP contribution in [0.25, 0.3) is 10.8 Å². The molecule has 0 N–H and O–H groups in total. The lowest BCUT2D eigenvalue weighted by Gasteiger charge is -2.09. The van der Waals surface area contributed by atoms with Gasteiger partial charge >= 0.3 is 0 Å². The molecule has 0 unspecified atom stereocenters. The highest BCUT2D eigenvalue weighted by molar-refractivity contribution is 6.41. The Balaban J connectivity index is 2.26. The number of ketones is 1. The van der Waals surface area contributed by atoms with E-state index in [2.05, 4.69) is 0 Å². The predicted molar refractivity (Wildman–Crippen MR) is 83.8 cm³/mol. The molecule has 0 radical (unpaired) electrons. The first kappa shape index (κ1) is 14.1. The second kappa shape index (κ2) is 5.47. The van der Waals surface area contributed by atoms with E-state index in [1.165, 1.54) is 12.1 Å². The van der Waals surface area contributed by atoms with Crippen molar-refractivity contribution < 1.29 is 9.18 Å². The minimum absolute atomic E-state index is 0.234. The number of hydrogen-bond acceptors (Lipinski definition) is 1. The molecule has 3 rings (SSSR count). The van der Waals surface area contributed by atoms with E-state index in [1.54, 1.807) is 42.5 Å². The zero-order chi connectivity index (χ0) is 15.0. The lowest BCUT2D eigenvalue weighted by atomic mass is 9.97. The van der Waals surface area contributed by atoms with E-state index in [-0.39, 0.29) is 27.2 Å². The molecule has 0 aliphatic heterocycles. The zero-order valence-corrected chi connectivity index (χ0v) is 12.3. The number of carbonyl (C=O) groups is 1. The number of benzene rings is 3. The second-order valence-corrected chi connectivity index (χ2v) is 5.38. The molecule has 0 saturated heterocycles. The quantitative estimate of drug-likeness (QED) is 0.569. The Morgan fingerprint density at radius 2 is 1.43 bits per heavy atom. The lowest BCUT2D eigenvalue weighted by molar-refractivity contribution is 0.104. The Morgan fingerprint density at radius 3 is 2.10 bits per heavy atom. The van der Waals surface area contributed by atoms with Crippen LogP contribution in [0.15, 0.2) is 54.6 Å². The topological polar surface area (TPSA) is 17.1 Å². The number of halogens is 3. The highest BCUT2D eigenvalue weighted by Crippen LogP contribution is 2.30. The van der Waals surface area contributed by atoms with Crippen LogP contribution in [-0.4, -0.2) is 5.78 Å². The minimum atomic E-state index is -0.368. The third-order valence-corrected chi connectivity index (χ3v) is 3.94. The molecule has 0 aliphatic rings. The molecule has 0 fully saturated rings. The van der Waals surface area contributed by atoms with Crippen molar-refractivity contribution in [2.75, 3.05) is 0 Å². The molecule has 104 valence electrons. The fraction of sp³-hybridized carbons (Fsp3) is 0. The Labute approximate surface area is 130 Å². The number of fused-ring (bicyclic) bond motifs is 1. The summed E-state index contributed by atoms with van der Waals surface area (Å²) in [5.74, 6) is -0.686. The van der Waals surface area contributed by atoms with E-state index < -0.39 is 0 Å². The molecule has 4 heteroatoms. The largest absolute Gasteiger partial charge is 0.288 e. The van der Waals surface area contributed by atoms with Gasteiger partial charge in [-0.15, -0.1) is 0 Å². The number of carbonyl (C=O) groups excluding carboxylic acids is 1. The van der Waals surface area contributed by atoms with Gasteiger partial charge in [0.2, 0.25) is 0 Å². The summed E-state index contributed by atoms with van der Waals surface area (Å²) in [6.07, 6.45) is 0. The molecule has 0 aromatic heterocycles. The van der Waals surface area contributed by atoms with Crippen molar-refractivity contribution in [3.05, 3.63) is 81.6 Å². The molecule has 0 bridgehead atoms. The maximum atomic E-state index is 13.8. The second-order valence-electron chi connectivity index (χ2n) is 4.57. The maximum Gasteiger partial charge on any atom is 0.196 e. The van der Waals surface area contributed by atoms with Crippen LogP contribution in [-0.2, 0) is 0 Å². The number of hydrogen-bond donors (Lipinski definition) is 0. The molecule has 0 aliphatic carbocycles. The van der Waals surface area contributed by atoms with Crippen molar-refractivity contribution in [2.24, 2.45) is 0 Å². The average Bonchev–Trinajstić information content (AvgIpc) is 2.47. The first-order valence-electron chi connectivity index (χ1n) is 6.25. The molecule has 1 nitrogen and oxygen atoms in total. The van der Waals surface area contributed by atoms with Crippen LogP contribution in [0, 0.1) is 5.82 Å². The predicted octanol–water partition coefficient (Wildman–Crippen LogP) is 5.52. The van der Waals surface area contributed by atoms with E-state index in [0.29, 0.717) is 16.3 Å². The van der Waals surface area contributed by atoms with Gasteiger partial charge in [0.05, 0.1) is 15.6 Å². The van der Waals surface area contributed by atoms with Gasteiger partial charge in [-0.3, -0.25) is 4.79 Å². The standard InChI is InChI=1S/C17H9Cl2FO/c18-13-6-3-7-14(19)16(13)17(21)12-8-9-15(20)11-5-2-1-4-10(11)12/h1-9H. The summed E-state index contributed by atoms with van der Waals surface area (Å²) in [5, 5.41) is 1.49. The molecule has 0 atom stereocenters. The first-order valence-corrected chi connectivity index (χ1v) is 7.01. The highest BCUT2D eigenvalue weighted by Gasteiger charge is 2.19. The average molecular weight is 319 g/mol. The van der Waals surface area contributed by atoms with Gasteiger partial charge in [-0.2, -0.15) is 0 Å². The molecule has 3 aromatic carbocycles. The van der Waals surface area contributed by atoms with E-state index >= 15 is 0 Å². The summed E-state index contributed by atoms with van der Waals surface area (Å²) >= 11 is 12.2. The van der Waals surface area contributed by atoms with Gasteiger partial charge in [0, 0.05) is 10.9 Å². The van der Waals surface area contributed by atoms with Gasteiger partial charge in [-0.1, -0.05) is 53.5 Å². The van der Waals surface area contributed by atoms with Gasteiger partial charge in [0.15, 0.2) is 5.78 Å². The summed E-state index contributed by atoms with van der Waals surface area (Å²) in [6, 6.07) is 14.4. The van der Waals surface area contributed by atoms with Crippen LogP contribution in [0.3, 0.4) is 0 Å². The molecule has 0 amide bonds. The van der Waals surface area contributed by atoms with Crippen LogP contribution in [0.4, 0.5) is 4.39 Å². The van der Waals surface area contributed by atoms with Gasteiger partial charge in [-0.25, -0.2) is 4.39 Å². The van der Waals surface area contributed by atoms with Crippen molar-refractivity contribution in [1.29, 1.82) is 0 Å². The lowest BCUT2D eigenvalue weighted by Crippen LogP contribution is -2.04. The minimum Gasteiger partial charge on any atom is -0.288 e. The molecular weight excluding hydrogens is 310 g/mol. The van der Waals surface area contributed by atoms with Gasteiger partial charge in [0.25, 0.3) is 0 Å². The fourth-order valence-corrected chi connectivity index (χ4v) is 2.88. The summed E-state index contributed by atoms with van der Waals surface area (Å²) in [6.45, 7) is 0. The van der Waals surface area contributed by atoms with E-state index in [0.717, 1.165) is 0 Å². The molecule has 0 saturated carbocycles. The Hall–Kier alpha value is -1.90. The normalized spacial score (nSPS) is 10.8. The van der Waals surface area contributed by atoms with Crippen LogP contribution in [0.1, 0.15) is 15.9 Å². The van der Waals surface area contributed by atoms with Crippen LogP contribution < -0.4 is 0 Å².